The molecule has 0 radical (unpaired) electrons. The van der Waals surface area contributed by atoms with Gasteiger partial charge in [0.1, 0.15) is 0 Å². The third kappa shape index (κ3) is 2.73. The molecule has 0 saturated carbocycles. The molecule has 94 valence electrons. The van der Waals surface area contributed by atoms with Crippen molar-refractivity contribution in [3.63, 3.8) is 0 Å². The minimum atomic E-state index is -0.914. The van der Waals surface area contributed by atoms with E-state index in [2.05, 4.69) is 21.0 Å². The van der Waals surface area contributed by atoms with E-state index in [0.29, 0.717) is 15.2 Å². The summed E-state index contributed by atoms with van der Waals surface area (Å²) in [6, 6.07) is 5.57. The minimum Gasteiger partial charge on any atom is -0.481 e. The molecule has 2 rings (SSSR count). The van der Waals surface area contributed by atoms with E-state index in [1.54, 1.807) is 16.9 Å². The molecule has 0 spiro atoms. The SMILES string of the molecule is Cc1ccc(-n2cc(Br)c(CC(=O)O)n2)cc1Cl. The lowest BCUT2D eigenvalue weighted by Crippen LogP contribution is -2.03. The molecule has 6 heteroatoms. The number of aromatic nitrogens is 2. The lowest BCUT2D eigenvalue weighted by molar-refractivity contribution is -0.136. The zero-order valence-corrected chi connectivity index (χ0v) is 11.9. The first kappa shape index (κ1) is 13.1. The van der Waals surface area contributed by atoms with Crippen molar-refractivity contribution in [2.24, 2.45) is 0 Å². The molecule has 1 aromatic carbocycles. The van der Waals surface area contributed by atoms with E-state index in [0.717, 1.165) is 11.3 Å². The Bertz CT molecular complexity index is 610. The van der Waals surface area contributed by atoms with Crippen LogP contribution in [0.25, 0.3) is 5.69 Å². The summed E-state index contributed by atoms with van der Waals surface area (Å²) in [7, 11) is 0. The molecule has 1 N–H and O–H groups in total. The van der Waals surface area contributed by atoms with Gasteiger partial charge in [-0.1, -0.05) is 17.7 Å². The molecule has 1 aromatic heterocycles. The maximum absolute atomic E-state index is 10.7. The van der Waals surface area contributed by atoms with Crippen molar-refractivity contribution < 1.29 is 9.90 Å². The van der Waals surface area contributed by atoms with E-state index in [9.17, 15) is 4.79 Å². The van der Waals surface area contributed by atoms with Crippen LogP contribution < -0.4 is 0 Å². The first-order valence-electron chi connectivity index (χ1n) is 5.19. The Labute approximate surface area is 117 Å². The number of nitrogens with zero attached hydrogens (tertiary/aromatic N) is 2. The molecule has 4 nitrogen and oxygen atoms in total. The molecule has 0 aliphatic heterocycles. The fourth-order valence-electron chi connectivity index (χ4n) is 1.51. The molecule has 0 aliphatic carbocycles. The topological polar surface area (TPSA) is 55.1 Å². The first-order chi connectivity index (χ1) is 8.47. The van der Waals surface area contributed by atoms with Gasteiger partial charge in [-0.05, 0) is 40.5 Å². The number of aryl methyl sites for hydroxylation is 1. The van der Waals surface area contributed by atoms with Gasteiger partial charge in [0.05, 0.1) is 22.3 Å². The highest BCUT2D eigenvalue weighted by molar-refractivity contribution is 9.10. The predicted octanol–water partition coefficient (Wildman–Crippen LogP) is 3.22. The van der Waals surface area contributed by atoms with Gasteiger partial charge in [-0.15, -0.1) is 0 Å². The van der Waals surface area contributed by atoms with Crippen LogP contribution in [0, 0.1) is 6.92 Å². The largest absolute Gasteiger partial charge is 0.481 e. The number of aliphatic carboxylic acids is 1. The second kappa shape index (κ2) is 5.12. The molecular formula is C12H10BrClN2O2. The van der Waals surface area contributed by atoms with Gasteiger partial charge in [-0.3, -0.25) is 4.79 Å². The van der Waals surface area contributed by atoms with Crippen molar-refractivity contribution in [2.75, 3.05) is 0 Å². The van der Waals surface area contributed by atoms with Crippen molar-refractivity contribution in [3.8, 4) is 5.69 Å². The first-order valence-corrected chi connectivity index (χ1v) is 6.37. The summed E-state index contributed by atoms with van der Waals surface area (Å²) in [5.74, 6) is -0.914. The molecular weight excluding hydrogens is 320 g/mol. The van der Waals surface area contributed by atoms with Crippen LogP contribution in [0.3, 0.4) is 0 Å². The molecule has 0 unspecified atom stereocenters. The smallest absolute Gasteiger partial charge is 0.309 e. The average molecular weight is 330 g/mol. The van der Waals surface area contributed by atoms with Crippen LogP contribution in [0.5, 0.6) is 0 Å². The van der Waals surface area contributed by atoms with Crippen LogP contribution in [0.1, 0.15) is 11.3 Å². The lowest BCUT2D eigenvalue weighted by Gasteiger charge is -2.03. The third-order valence-electron chi connectivity index (χ3n) is 2.48. The van der Waals surface area contributed by atoms with Crippen LogP contribution in [0.2, 0.25) is 5.02 Å². The van der Waals surface area contributed by atoms with Crippen molar-refractivity contribution in [1.29, 1.82) is 0 Å². The number of carbonyl (C=O) groups is 1. The molecule has 0 aliphatic rings. The fraction of sp³-hybridized carbons (Fsp3) is 0.167. The average Bonchev–Trinajstić information content (AvgIpc) is 2.63. The van der Waals surface area contributed by atoms with Crippen LogP contribution >= 0.6 is 27.5 Å². The highest BCUT2D eigenvalue weighted by Gasteiger charge is 2.11. The third-order valence-corrected chi connectivity index (χ3v) is 3.55. The molecule has 2 aromatic rings. The maximum Gasteiger partial charge on any atom is 0.309 e. The second-order valence-electron chi connectivity index (χ2n) is 3.87. The number of rotatable bonds is 3. The monoisotopic (exact) mass is 328 g/mol. The van der Waals surface area contributed by atoms with Crippen LogP contribution in [0.15, 0.2) is 28.9 Å². The van der Waals surface area contributed by atoms with Gasteiger partial charge in [0, 0.05) is 11.2 Å². The molecule has 1 heterocycles. The van der Waals surface area contributed by atoms with E-state index in [1.165, 1.54) is 0 Å². The van der Waals surface area contributed by atoms with Gasteiger partial charge in [-0.2, -0.15) is 5.10 Å². The number of carboxylic acid groups (broad SMARTS) is 1. The standard InChI is InChI=1S/C12H10BrClN2O2/c1-7-2-3-8(4-10(7)14)16-6-9(13)11(15-16)5-12(17)18/h2-4,6H,5H2,1H3,(H,17,18). The number of hydrogen-bond acceptors (Lipinski definition) is 2. The summed E-state index contributed by atoms with van der Waals surface area (Å²) in [4.78, 5) is 10.7. The van der Waals surface area contributed by atoms with Crippen LogP contribution in [0.4, 0.5) is 0 Å². The summed E-state index contributed by atoms with van der Waals surface area (Å²) in [6.07, 6.45) is 1.60. The Morgan fingerprint density at radius 3 is 2.89 bits per heavy atom. The van der Waals surface area contributed by atoms with Crippen molar-refractivity contribution in [2.45, 2.75) is 13.3 Å². The van der Waals surface area contributed by atoms with Gasteiger partial charge < -0.3 is 5.11 Å². The molecule has 0 amide bonds. The van der Waals surface area contributed by atoms with Gasteiger partial charge in [0.2, 0.25) is 0 Å². The Kier molecular flexibility index (Phi) is 3.73. The summed E-state index contributed by atoms with van der Waals surface area (Å²) in [5, 5.41) is 13.6. The number of hydrogen-bond donors (Lipinski definition) is 1. The van der Waals surface area contributed by atoms with Crippen molar-refractivity contribution >= 4 is 33.5 Å². The zero-order chi connectivity index (χ0) is 13.3. The molecule has 18 heavy (non-hydrogen) atoms. The van der Waals surface area contributed by atoms with Crippen LogP contribution in [-0.2, 0) is 11.2 Å². The predicted molar refractivity (Wildman–Crippen MR) is 72.4 cm³/mol. The van der Waals surface area contributed by atoms with E-state index in [-0.39, 0.29) is 6.42 Å². The normalized spacial score (nSPS) is 10.6. The Hall–Kier alpha value is -1.33. The van der Waals surface area contributed by atoms with E-state index in [1.807, 2.05) is 19.1 Å². The quantitative estimate of drug-likeness (QED) is 0.940. The van der Waals surface area contributed by atoms with E-state index in [4.69, 9.17) is 16.7 Å². The highest BCUT2D eigenvalue weighted by atomic mass is 79.9. The van der Waals surface area contributed by atoms with Gasteiger partial charge in [-0.25, -0.2) is 4.68 Å². The Morgan fingerprint density at radius 2 is 2.28 bits per heavy atom. The fourth-order valence-corrected chi connectivity index (χ4v) is 2.10. The van der Waals surface area contributed by atoms with Gasteiger partial charge in [0.15, 0.2) is 0 Å². The van der Waals surface area contributed by atoms with Gasteiger partial charge in [0.25, 0.3) is 0 Å². The zero-order valence-electron chi connectivity index (χ0n) is 9.52. The Morgan fingerprint density at radius 1 is 1.56 bits per heavy atom. The summed E-state index contributed by atoms with van der Waals surface area (Å²) in [6.45, 7) is 1.92. The number of halogens is 2. The van der Waals surface area contributed by atoms with Gasteiger partial charge >= 0.3 is 5.97 Å². The lowest BCUT2D eigenvalue weighted by atomic mass is 10.2. The maximum atomic E-state index is 10.7. The van der Waals surface area contributed by atoms with Crippen molar-refractivity contribution in [3.05, 3.63) is 45.1 Å². The van der Waals surface area contributed by atoms with E-state index < -0.39 is 5.97 Å². The minimum absolute atomic E-state index is 0.118. The van der Waals surface area contributed by atoms with Crippen molar-refractivity contribution in [1.82, 2.24) is 9.78 Å². The molecule has 0 bridgehead atoms. The molecule has 0 atom stereocenters. The number of carboxylic acids is 1. The highest BCUT2D eigenvalue weighted by Crippen LogP contribution is 2.22. The molecule has 0 saturated heterocycles. The van der Waals surface area contributed by atoms with E-state index >= 15 is 0 Å². The summed E-state index contributed by atoms with van der Waals surface area (Å²) < 4.78 is 2.27. The Balaban J connectivity index is 2.39. The summed E-state index contributed by atoms with van der Waals surface area (Å²) >= 11 is 9.34. The number of benzene rings is 1. The summed E-state index contributed by atoms with van der Waals surface area (Å²) in [5.41, 5.74) is 2.26. The molecule has 0 fully saturated rings. The second-order valence-corrected chi connectivity index (χ2v) is 5.13. The van der Waals surface area contributed by atoms with Crippen LogP contribution in [-0.4, -0.2) is 20.9 Å².